The van der Waals surface area contributed by atoms with Gasteiger partial charge in [0.25, 0.3) is 0 Å². The predicted molar refractivity (Wildman–Crippen MR) is 83.8 cm³/mol. The van der Waals surface area contributed by atoms with Gasteiger partial charge in [-0.25, -0.2) is 4.79 Å². The Morgan fingerprint density at radius 2 is 2.18 bits per heavy atom. The molecule has 120 valence electrons. The quantitative estimate of drug-likeness (QED) is 0.801. The largest absolute Gasteiger partial charge is 0.457 e. The smallest absolute Gasteiger partial charge is 0.338 e. The Morgan fingerprint density at radius 1 is 1.32 bits per heavy atom. The van der Waals surface area contributed by atoms with Crippen molar-refractivity contribution in [2.45, 2.75) is 32.6 Å². The van der Waals surface area contributed by atoms with Crippen molar-refractivity contribution in [2.24, 2.45) is 0 Å². The minimum Gasteiger partial charge on any atom is -0.457 e. The zero-order valence-corrected chi connectivity index (χ0v) is 13.3. The maximum absolute atomic E-state index is 11.5. The number of piperazine rings is 1. The van der Waals surface area contributed by atoms with Crippen LogP contribution in [-0.2, 0) is 16.1 Å². The average Bonchev–Trinajstić information content (AvgIpc) is 2.97. The molecule has 0 amide bonds. The summed E-state index contributed by atoms with van der Waals surface area (Å²) in [5, 5.41) is 3.40. The summed E-state index contributed by atoms with van der Waals surface area (Å²) >= 11 is 0. The molecule has 3 aliphatic heterocycles. The topological polar surface area (TPSA) is 50.8 Å². The molecule has 0 spiro atoms. The molecule has 3 aliphatic rings. The number of benzene rings is 1. The Morgan fingerprint density at radius 3 is 3.05 bits per heavy atom. The van der Waals surface area contributed by atoms with Crippen LogP contribution in [0.5, 0.6) is 0 Å². The van der Waals surface area contributed by atoms with E-state index in [4.69, 9.17) is 9.47 Å². The van der Waals surface area contributed by atoms with E-state index in [0.29, 0.717) is 18.2 Å². The first-order valence-corrected chi connectivity index (χ1v) is 8.17. The van der Waals surface area contributed by atoms with Gasteiger partial charge in [-0.15, -0.1) is 0 Å². The van der Waals surface area contributed by atoms with Gasteiger partial charge in [0.05, 0.1) is 18.3 Å². The summed E-state index contributed by atoms with van der Waals surface area (Å²) in [6, 6.07) is 6.43. The summed E-state index contributed by atoms with van der Waals surface area (Å²) in [5.74, 6) is -0.210. The molecule has 2 fully saturated rings. The molecule has 1 N–H and O–H groups in total. The molecule has 5 nitrogen and oxygen atoms in total. The van der Waals surface area contributed by atoms with Crippen molar-refractivity contribution in [3.8, 4) is 0 Å². The molecule has 5 heteroatoms. The number of fused-ring (bicyclic) bond motifs is 2. The Hall–Kier alpha value is -1.43. The van der Waals surface area contributed by atoms with Crippen molar-refractivity contribution >= 4 is 5.97 Å². The van der Waals surface area contributed by atoms with Crippen LogP contribution in [0, 0.1) is 0 Å². The number of carbonyl (C=O) groups is 1. The van der Waals surface area contributed by atoms with Crippen molar-refractivity contribution in [3.05, 3.63) is 34.9 Å². The minimum atomic E-state index is -0.210. The van der Waals surface area contributed by atoms with Crippen molar-refractivity contribution in [1.29, 1.82) is 0 Å². The van der Waals surface area contributed by atoms with Gasteiger partial charge in [-0.2, -0.15) is 0 Å². The normalized spacial score (nSPS) is 27.3. The van der Waals surface area contributed by atoms with Gasteiger partial charge in [0.2, 0.25) is 0 Å². The SMILES string of the molecule is CC.O=C1OCc2cc(C3CN4CCNCC4CO3)ccc21. The van der Waals surface area contributed by atoms with E-state index in [0.717, 1.165) is 43.9 Å². The highest BCUT2D eigenvalue weighted by molar-refractivity contribution is 5.93. The van der Waals surface area contributed by atoms with Crippen molar-refractivity contribution in [2.75, 3.05) is 32.8 Å². The van der Waals surface area contributed by atoms with Crippen LogP contribution in [0.2, 0.25) is 0 Å². The Kier molecular flexibility index (Phi) is 4.76. The third kappa shape index (κ3) is 2.89. The van der Waals surface area contributed by atoms with E-state index in [-0.39, 0.29) is 12.1 Å². The number of morpholine rings is 1. The molecule has 4 rings (SSSR count). The first-order valence-electron chi connectivity index (χ1n) is 8.17. The minimum absolute atomic E-state index is 0.102. The Bertz CT molecular complexity index is 547. The summed E-state index contributed by atoms with van der Waals surface area (Å²) in [6.07, 6.45) is 0.102. The average molecular weight is 304 g/mol. The molecule has 0 radical (unpaired) electrons. The lowest BCUT2D eigenvalue weighted by Crippen LogP contribution is -2.57. The third-order valence-corrected chi connectivity index (χ3v) is 4.44. The summed E-state index contributed by atoms with van der Waals surface area (Å²) in [7, 11) is 0. The second-order valence-electron chi connectivity index (χ2n) is 5.67. The maximum Gasteiger partial charge on any atom is 0.338 e. The molecule has 0 aromatic heterocycles. The molecule has 3 heterocycles. The van der Waals surface area contributed by atoms with Crippen LogP contribution in [0.15, 0.2) is 18.2 Å². The van der Waals surface area contributed by atoms with Crippen molar-refractivity contribution in [3.63, 3.8) is 0 Å². The molecule has 0 bridgehead atoms. The zero-order chi connectivity index (χ0) is 15.5. The van der Waals surface area contributed by atoms with Crippen LogP contribution >= 0.6 is 0 Å². The fourth-order valence-corrected chi connectivity index (χ4v) is 3.26. The number of ether oxygens (including phenoxy) is 2. The molecule has 0 saturated carbocycles. The van der Waals surface area contributed by atoms with Crippen LogP contribution in [0.3, 0.4) is 0 Å². The van der Waals surface area contributed by atoms with Gasteiger partial charge in [0.1, 0.15) is 6.61 Å². The molecule has 1 aromatic rings. The number of nitrogens with zero attached hydrogens (tertiary/aromatic N) is 1. The number of hydrogen-bond donors (Lipinski definition) is 1. The van der Waals surface area contributed by atoms with Crippen molar-refractivity contribution < 1.29 is 14.3 Å². The fourth-order valence-electron chi connectivity index (χ4n) is 3.26. The molecule has 22 heavy (non-hydrogen) atoms. The highest BCUT2D eigenvalue weighted by Gasteiger charge is 2.32. The van der Waals surface area contributed by atoms with Crippen LogP contribution in [-0.4, -0.2) is 49.7 Å². The van der Waals surface area contributed by atoms with E-state index in [2.05, 4.69) is 16.3 Å². The molecular weight excluding hydrogens is 280 g/mol. The van der Waals surface area contributed by atoms with Gasteiger partial charge in [0, 0.05) is 37.8 Å². The summed E-state index contributed by atoms with van der Waals surface area (Å²) in [6.45, 7) is 9.24. The van der Waals surface area contributed by atoms with E-state index in [9.17, 15) is 4.79 Å². The van der Waals surface area contributed by atoms with Gasteiger partial charge in [-0.1, -0.05) is 19.9 Å². The number of carbonyl (C=O) groups excluding carboxylic acids is 1. The summed E-state index contributed by atoms with van der Waals surface area (Å²) < 4.78 is 11.1. The van der Waals surface area contributed by atoms with E-state index < -0.39 is 0 Å². The standard InChI is InChI=1S/C15H18N2O3.C2H6/c18-15-13-2-1-10(5-11(13)8-20-15)14-7-17-4-3-16-6-12(17)9-19-14;1-2/h1-2,5,12,14,16H,3-4,6-9H2;1-2H3. The summed E-state index contributed by atoms with van der Waals surface area (Å²) in [4.78, 5) is 14.0. The third-order valence-electron chi connectivity index (χ3n) is 4.44. The second kappa shape index (κ2) is 6.77. The maximum atomic E-state index is 11.5. The summed E-state index contributed by atoms with van der Waals surface area (Å²) in [5.41, 5.74) is 2.84. The predicted octanol–water partition coefficient (Wildman–Crippen LogP) is 1.73. The van der Waals surface area contributed by atoms with Gasteiger partial charge in [-0.3, -0.25) is 4.90 Å². The monoisotopic (exact) mass is 304 g/mol. The van der Waals surface area contributed by atoms with E-state index in [1.807, 2.05) is 26.0 Å². The number of cyclic esters (lactones) is 1. The Balaban J connectivity index is 0.000000693. The van der Waals surface area contributed by atoms with Gasteiger partial charge in [0.15, 0.2) is 0 Å². The van der Waals surface area contributed by atoms with E-state index in [1.165, 1.54) is 0 Å². The number of hydrogen-bond acceptors (Lipinski definition) is 5. The molecule has 0 aliphatic carbocycles. The van der Waals surface area contributed by atoms with E-state index in [1.54, 1.807) is 0 Å². The highest BCUT2D eigenvalue weighted by atomic mass is 16.5. The van der Waals surface area contributed by atoms with Crippen LogP contribution < -0.4 is 5.32 Å². The van der Waals surface area contributed by atoms with Gasteiger partial charge >= 0.3 is 5.97 Å². The molecule has 2 unspecified atom stereocenters. The molecule has 2 saturated heterocycles. The molecule has 2 atom stereocenters. The Labute approximate surface area is 131 Å². The molecule has 1 aromatic carbocycles. The van der Waals surface area contributed by atoms with E-state index >= 15 is 0 Å². The lowest BCUT2D eigenvalue weighted by atomic mass is 10.00. The van der Waals surface area contributed by atoms with Crippen LogP contribution in [0.25, 0.3) is 0 Å². The second-order valence-corrected chi connectivity index (χ2v) is 5.67. The van der Waals surface area contributed by atoms with Gasteiger partial charge < -0.3 is 14.8 Å². The first kappa shape index (κ1) is 15.5. The number of esters is 1. The van der Waals surface area contributed by atoms with Gasteiger partial charge in [-0.05, 0) is 17.7 Å². The number of rotatable bonds is 1. The first-order chi connectivity index (χ1) is 10.8. The zero-order valence-electron chi connectivity index (χ0n) is 13.3. The fraction of sp³-hybridized carbons (Fsp3) is 0.588. The molecular formula is C17H24N2O3. The highest BCUT2D eigenvalue weighted by Crippen LogP contribution is 2.29. The lowest BCUT2D eigenvalue weighted by molar-refractivity contribution is -0.0718. The van der Waals surface area contributed by atoms with Crippen molar-refractivity contribution in [1.82, 2.24) is 10.2 Å². The number of nitrogens with one attached hydrogen (secondary N) is 1. The lowest BCUT2D eigenvalue weighted by Gasteiger charge is -2.42. The van der Waals surface area contributed by atoms with Crippen LogP contribution in [0.1, 0.15) is 41.4 Å². The van der Waals surface area contributed by atoms with Crippen LogP contribution in [0.4, 0.5) is 0 Å².